The maximum absolute atomic E-state index is 13.5. The quantitative estimate of drug-likeness (QED) is 0.651. The van der Waals surface area contributed by atoms with Crippen molar-refractivity contribution in [2.75, 3.05) is 6.54 Å². The minimum atomic E-state index is -0.516. The molecule has 0 unspecified atom stereocenters. The molecule has 0 saturated heterocycles. The van der Waals surface area contributed by atoms with Crippen LogP contribution in [0, 0.1) is 12.7 Å². The predicted molar refractivity (Wildman–Crippen MR) is 106 cm³/mol. The topological polar surface area (TPSA) is 55.2 Å². The Morgan fingerprint density at radius 1 is 1.18 bits per heavy atom. The number of amides is 1. The largest absolute Gasteiger partial charge is 0.333 e. The Labute approximate surface area is 167 Å². The number of hydrogen-bond acceptors (Lipinski definition) is 3. The molecule has 5 nitrogen and oxygen atoms in total. The lowest BCUT2D eigenvalue weighted by atomic mass is 10.2. The van der Waals surface area contributed by atoms with Gasteiger partial charge in [-0.05, 0) is 43.7 Å². The summed E-state index contributed by atoms with van der Waals surface area (Å²) in [6, 6.07) is 14.4. The highest BCUT2D eigenvalue weighted by Crippen LogP contribution is 2.20. The van der Waals surface area contributed by atoms with E-state index in [4.69, 9.17) is 11.6 Å². The van der Waals surface area contributed by atoms with Crippen molar-refractivity contribution in [3.8, 4) is 5.69 Å². The Bertz CT molecular complexity index is 1080. The van der Waals surface area contributed by atoms with E-state index >= 15 is 0 Å². The van der Waals surface area contributed by atoms with Crippen molar-refractivity contribution in [3.63, 3.8) is 0 Å². The Balaban J connectivity index is 1.99. The maximum atomic E-state index is 13.5. The summed E-state index contributed by atoms with van der Waals surface area (Å²) in [6.45, 7) is 4.03. The standard InChI is InChI=1S/C21H19ClFN3O2/c1-3-25(13-15-7-6-8-16(23)12-15)21(28)20-19(27)11-14(2)26(24-20)18-10-5-4-9-17(18)22/h4-12H,3,13H2,1-2H3. The van der Waals surface area contributed by atoms with Crippen molar-refractivity contribution >= 4 is 17.5 Å². The van der Waals surface area contributed by atoms with Crippen molar-refractivity contribution in [3.05, 3.63) is 92.6 Å². The van der Waals surface area contributed by atoms with Gasteiger partial charge < -0.3 is 4.90 Å². The second-order valence-electron chi connectivity index (χ2n) is 6.31. The van der Waals surface area contributed by atoms with Crippen LogP contribution < -0.4 is 5.43 Å². The van der Waals surface area contributed by atoms with Crippen molar-refractivity contribution < 1.29 is 9.18 Å². The highest BCUT2D eigenvalue weighted by Gasteiger charge is 2.21. The average molecular weight is 400 g/mol. The highest BCUT2D eigenvalue weighted by atomic mass is 35.5. The molecule has 1 heterocycles. The maximum Gasteiger partial charge on any atom is 0.278 e. The van der Waals surface area contributed by atoms with E-state index in [0.29, 0.717) is 28.5 Å². The van der Waals surface area contributed by atoms with E-state index in [1.54, 1.807) is 50.2 Å². The summed E-state index contributed by atoms with van der Waals surface area (Å²) in [5.41, 5.74) is 1.09. The van der Waals surface area contributed by atoms with Crippen molar-refractivity contribution in [2.24, 2.45) is 0 Å². The van der Waals surface area contributed by atoms with Crippen LogP contribution >= 0.6 is 11.6 Å². The van der Waals surface area contributed by atoms with Crippen LogP contribution in [0.3, 0.4) is 0 Å². The monoisotopic (exact) mass is 399 g/mol. The van der Waals surface area contributed by atoms with E-state index in [0.717, 1.165) is 0 Å². The van der Waals surface area contributed by atoms with Gasteiger partial charge in [-0.1, -0.05) is 35.9 Å². The zero-order valence-electron chi connectivity index (χ0n) is 15.5. The minimum absolute atomic E-state index is 0.175. The normalized spacial score (nSPS) is 10.7. The number of aromatic nitrogens is 2. The first-order chi connectivity index (χ1) is 13.4. The Morgan fingerprint density at radius 2 is 1.93 bits per heavy atom. The smallest absolute Gasteiger partial charge is 0.278 e. The molecular formula is C21H19ClFN3O2. The van der Waals surface area contributed by atoms with E-state index in [1.807, 2.05) is 0 Å². The molecule has 0 fully saturated rings. The molecule has 28 heavy (non-hydrogen) atoms. The summed E-state index contributed by atoms with van der Waals surface area (Å²) in [4.78, 5) is 26.9. The lowest BCUT2D eigenvalue weighted by molar-refractivity contribution is 0.0743. The molecule has 0 bridgehead atoms. The van der Waals surface area contributed by atoms with Gasteiger partial charge in [0, 0.05) is 24.8 Å². The number of rotatable bonds is 5. The lowest BCUT2D eigenvalue weighted by Crippen LogP contribution is -2.36. The van der Waals surface area contributed by atoms with Crippen molar-refractivity contribution in [1.82, 2.24) is 14.7 Å². The van der Waals surface area contributed by atoms with Crippen LogP contribution in [-0.2, 0) is 6.54 Å². The Morgan fingerprint density at radius 3 is 2.61 bits per heavy atom. The number of carbonyl (C=O) groups excluding carboxylic acids is 1. The van der Waals surface area contributed by atoms with Gasteiger partial charge in [0.15, 0.2) is 5.69 Å². The molecule has 0 saturated carbocycles. The van der Waals surface area contributed by atoms with Gasteiger partial charge in [-0.15, -0.1) is 0 Å². The summed E-state index contributed by atoms with van der Waals surface area (Å²) in [5.74, 6) is -0.895. The van der Waals surface area contributed by atoms with Gasteiger partial charge in [0.2, 0.25) is 5.43 Å². The van der Waals surface area contributed by atoms with Crippen LogP contribution in [0.2, 0.25) is 5.02 Å². The summed E-state index contributed by atoms with van der Waals surface area (Å²) in [6.07, 6.45) is 0. The summed E-state index contributed by atoms with van der Waals surface area (Å²) < 4.78 is 14.9. The first-order valence-corrected chi connectivity index (χ1v) is 9.18. The van der Waals surface area contributed by atoms with Crippen molar-refractivity contribution in [2.45, 2.75) is 20.4 Å². The number of hydrogen-bond donors (Lipinski definition) is 0. The first-order valence-electron chi connectivity index (χ1n) is 8.80. The molecule has 3 aromatic rings. The van der Waals surface area contributed by atoms with Gasteiger partial charge in [-0.25, -0.2) is 9.07 Å². The lowest BCUT2D eigenvalue weighted by Gasteiger charge is -2.21. The molecule has 0 aliphatic carbocycles. The number of benzene rings is 2. The van der Waals surface area contributed by atoms with Crippen LogP contribution in [0.5, 0.6) is 0 Å². The Hall–Kier alpha value is -2.99. The second-order valence-corrected chi connectivity index (χ2v) is 6.72. The van der Waals surface area contributed by atoms with Crippen LogP contribution in [0.15, 0.2) is 59.4 Å². The molecule has 2 aromatic carbocycles. The Kier molecular flexibility index (Phi) is 5.90. The zero-order valence-corrected chi connectivity index (χ0v) is 16.3. The van der Waals surface area contributed by atoms with Gasteiger partial charge in [-0.3, -0.25) is 9.59 Å². The molecule has 0 spiro atoms. The van der Waals surface area contributed by atoms with Gasteiger partial charge in [0.05, 0.1) is 10.7 Å². The fourth-order valence-corrected chi connectivity index (χ4v) is 3.11. The minimum Gasteiger partial charge on any atom is -0.333 e. The van der Waals surface area contributed by atoms with Crippen LogP contribution in [0.25, 0.3) is 5.69 Å². The molecule has 0 atom stereocenters. The van der Waals surface area contributed by atoms with E-state index in [2.05, 4.69) is 5.10 Å². The zero-order chi connectivity index (χ0) is 20.3. The van der Waals surface area contributed by atoms with Crippen LogP contribution in [-0.4, -0.2) is 27.1 Å². The fraction of sp³-hybridized carbons (Fsp3) is 0.190. The molecule has 0 N–H and O–H groups in total. The van der Waals surface area contributed by atoms with E-state index in [1.165, 1.54) is 27.8 Å². The molecule has 0 aliphatic heterocycles. The molecule has 1 aromatic heterocycles. The summed E-state index contributed by atoms with van der Waals surface area (Å²) in [5, 5.41) is 4.74. The predicted octanol–water partition coefficient (Wildman–Crippen LogP) is 4.00. The molecule has 144 valence electrons. The van der Waals surface area contributed by atoms with E-state index in [-0.39, 0.29) is 18.1 Å². The number of aryl methyl sites for hydroxylation is 1. The first kappa shape index (κ1) is 19.8. The number of nitrogens with zero attached hydrogens (tertiary/aromatic N) is 3. The summed E-state index contributed by atoms with van der Waals surface area (Å²) >= 11 is 6.24. The van der Waals surface area contributed by atoms with Gasteiger partial charge in [-0.2, -0.15) is 5.10 Å². The second kappa shape index (κ2) is 8.35. The van der Waals surface area contributed by atoms with Gasteiger partial charge in [0.25, 0.3) is 5.91 Å². The third kappa shape index (κ3) is 4.12. The SMILES string of the molecule is CCN(Cc1cccc(F)c1)C(=O)c1nn(-c2ccccc2Cl)c(C)cc1=O. The molecule has 1 amide bonds. The fourth-order valence-electron chi connectivity index (χ4n) is 2.90. The van der Waals surface area contributed by atoms with Crippen LogP contribution in [0.4, 0.5) is 4.39 Å². The average Bonchev–Trinajstić information content (AvgIpc) is 2.66. The van der Waals surface area contributed by atoms with E-state index in [9.17, 15) is 14.0 Å². The number of para-hydroxylation sites is 1. The van der Waals surface area contributed by atoms with Crippen molar-refractivity contribution in [1.29, 1.82) is 0 Å². The highest BCUT2D eigenvalue weighted by molar-refractivity contribution is 6.32. The summed E-state index contributed by atoms with van der Waals surface area (Å²) in [7, 11) is 0. The van der Waals surface area contributed by atoms with Gasteiger partial charge >= 0.3 is 0 Å². The molecule has 0 aliphatic rings. The number of halogens is 2. The van der Waals surface area contributed by atoms with Gasteiger partial charge in [0.1, 0.15) is 5.82 Å². The molecule has 0 radical (unpaired) electrons. The third-order valence-electron chi connectivity index (χ3n) is 4.32. The number of carbonyl (C=O) groups is 1. The molecule has 3 rings (SSSR count). The van der Waals surface area contributed by atoms with E-state index < -0.39 is 11.3 Å². The third-order valence-corrected chi connectivity index (χ3v) is 4.64. The molecule has 7 heteroatoms. The molecular weight excluding hydrogens is 381 g/mol. The van der Waals surface area contributed by atoms with Crippen LogP contribution in [0.1, 0.15) is 28.7 Å².